The highest BCUT2D eigenvalue weighted by atomic mass is 16.5. The average Bonchev–Trinajstić information content (AvgIpc) is 3.54. The number of anilines is 6. The number of fused-ring (bicyclic) bond motifs is 7. The molecule has 0 spiro atoms. The summed E-state index contributed by atoms with van der Waals surface area (Å²) in [5.41, 5.74) is 13.8. The van der Waals surface area contributed by atoms with E-state index < -0.39 is 0 Å². The van der Waals surface area contributed by atoms with Crippen molar-refractivity contribution in [3.63, 3.8) is 0 Å². The molecule has 8 aromatic rings. The van der Waals surface area contributed by atoms with Gasteiger partial charge >= 0.3 is 0 Å². The lowest BCUT2D eigenvalue weighted by atomic mass is 9.73. The molecule has 240 valence electrons. The molecule has 50 heavy (non-hydrogen) atoms. The van der Waals surface area contributed by atoms with Gasteiger partial charge in [-0.25, -0.2) is 0 Å². The van der Waals surface area contributed by atoms with Crippen LogP contribution in [0.2, 0.25) is 0 Å². The maximum absolute atomic E-state index is 6.90. The van der Waals surface area contributed by atoms with Gasteiger partial charge in [-0.05, 0) is 77.2 Å². The van der Waals surface area contributed by atoms with Crippen LogP contribution in [-0.2, 0) is 5.41 Å². The molecule has 0 unspecified atom stereocenters. The van der Waals surface area contributed by atoms with Crippen molar-refractivity contribution in [2.75, 3.05) is 9.80 Å². The smallest absolute Gasteiger partial charge is 0.159 e. The quantitative estimate of drug-likeness (QED) is 0.190. The summed E-state index contributed by atoms with van der Waals surface area (Å²) in [5.74, 6) is 1.69. The molecule has 4 heteroatoms. The zero-order chi connectivity index (χ0) is 33.6. The molecule has 1 aromatic heterocycles. The Labute approximate surface area is 291 Å². The molecular formula is C46H34N2O2. The Balaban J connectivity index is 1.24. The average molecular weight is 647 g/mol. The summed E-state index contributed by atoms with van der Waals surface area (Å²) in [6, 6.07) is 53.7. The molecule has 0 saturated heterocycles. The van der Waals surface area contributed by atoms with Gasteiger partial charge in [0.2, 0.25) is 0 Å². The summed E-state index contributed by atoms with van der Waals surface area (Å²) in [5, 5.41) is 2.19. The van der Waals surface area contributed by atoms with E-state index in [2.05, 4.69) is 170 Å². The van der Waals surface area contributed by atoms with Crippen molar-refractivity contribution in [2.24, 2.45) is 0 Å². The number of hydrogen-bond acceptors (Lipinski definition) is 4. The van der Waals surface area contributed by atoms with Gasteiger partial charge in [0, 0.05) is 27.9 Å². The van der Waals surface area contributed by atoms with Gasteiger partial charge in [0.05, 0.1) is 28.4 Å². The van der Waals surface area contributed by atoms with Crippen LogP contribution in [0, 0.1) is 6.92 Å². The van der Waals surface area contributed by atoms with Crippen LogP contribution in [0.25, 0.3) is 33.1 Å². The molecular weight excluding hydrogens is 613 g/mol. The normalized spacial score (nSPS) is 13.8. The number of furan rings is 1. The fourth-order valence-corrected chi connectivity index (χ4v) is 8.09. The number of benzene rings is 7. The lowest BCUT2D eigenvalue weighted by molar-refractivity contribution is 0.471. The molecule has 0 atom stereocenters. The first-order valence-corrected chi connectivity index (χ1v) is 17.2. The van der Waals surface area contributed by atoms with Gasteiger partial charge in [-0.1, -0.05) is 117 Å². The number of rotatable bonds is 4. The number of hydrogen-bond donors (Lipinski definition) is 0. The molecule has 0 bridgehead atoms. The monoisotopic (exact) mass is 646 g/mol. The van der Waals surface area contributed by atoms with Crippen molar-refractivity contribution >= 4 is 56.1 Å². The molecule has 4 nitrogen and oxygen atoms in total. The van der Waals surface area contributed by atoms with Gasteiger partial charge in [-0.3, -0.25) is 0 Å². The van der Waals surface area contributed by atoms with E-state index in [1.807, 2.05) is 12.1 Å². The second-order valence-electron chi connectivity index (χ2n) is 13.8. The Bertz CT molecular complexity index is 2620. The maximum Gasteiger partial charge on any atom is 0.159 e. The number of para-hydroxylation sites is 4. The van der Waals surface area contributed by atoms with E-state index in [4.69, 9.17) is 9.15 Å². The van der Waals surface area contributed by atoms with E-state index in [0.29, 0.717) is 0 Å². The Morgan fingerprint density at radius 1 is 0.560 bits per heavy atom. The lowest BCUT2D eigenvalue weighted by Crippen LogP contribution is -2.33. The maximum atomic E-state index is 6.90. The van der Waals surface area contributed by atoms with Gasteiger partial charge in [0.15, 0.2) is 17.1 Å². The third kappa shape index (κ3) is 4.12. The van der Waals surface area contributed by atoms with E-state index in [9.17, 15) is 0 Å². The number of aryl methyl sites for hydroxylation is 1. The molecule has 0 radical (unpaired) electrons. The summed E-state index contributed by atoms with van der Waals surface area (Å²) in [6.07, 6.45) is 0. The highest BCUT2D eigenvalue weighted by Gasteiger charge is 2.42. The van der Waals surface area contributed by atoms with Gasteiger partial charge < -0.3 is 19.0 Å². The van der Waals surface area contributed by atoms with Crippen LogP contribution in [-0.4, -0.2) is 0 Å². The van der Waals surface area contributed by atoms with E-state index >= 15 is 0 Å². The van der Waals surface area contributed by atoms with Crippen molar-refractivity contribution in [3.8, 4) is 22.6 Å². The third-order valence-corrected chi connectivity index (χ3v) is 10.5. The van der Waals surface area contributed by atoms with Gasteiger partial charge in [0.1, 0.15) is 5.58 Å². The van der Waals surface area contributed by atoms with Crippen molar-refractivity contribution < 1.29 is 9.15 Å². The molecule has 0 N–H and O–H groups in total. The molecule has 7 aromatic carbocycles. The van der Waals surface area contributed by atoms with Crippen LogP contribution in [0.5, 0.6) is 11.5 Å². The van der Waals surface area contributed by atoms with Crippen molar-refractivity contribution in [3.05, 3.63) is 168 Å². The summed E-state index contributed by atoms with van der Waals surface area (Å²) in [4.78, 5) is 4.74. The predicted octanol–water partition coefficient (Wildman–Crippen LogP) is 13.2. The van der Waals surface area contributed by atoms with Gasteiger partial charge in [-0.15, -0.1) is 0 Å². The SMILES string of the molecule is Cc1cccc2c1N1c3ccccc3C(C)(C)c3cc(N(c4ccc(-c5ccccc5)cc4)c4cccc5c4oc4ccccc45)cc(c31)O2. The van der Waals surface area contributed by atoms with E-state index in [1.54, 1.807) is 0 Å². The van der Waals surface area contributed by atoms with Gasteiger partial charge in [-0.2, -0.15) is 0 Å². The van der Waals surface area contributed by atoms with Crippen LogP contribution in [0.4, 0.5) is 34.1 Å². The molecule has 0 aliphatic carbocycles. The fraction of sp³-hybridized carbons (Fsp3) is 0.0870. The third-order valence-electron chi connectivity index (χ3n) is 10.5. The molecule has 2 aliphatic rings. The van der Waals surface area contributed by atoms with Crippen LogP contribution < -0.4 is 14.5 Å². The Hall–Kier alpha value is -6.26. The summed E-state index contributed by atoms with van der Waals surface area (Å²) in [7, 11) is 0. The lowest BCUT2D eigenvalue weighted by Gasteiger charge is -2.46. The van der Waals surface area contributed by atoms with Crippen molar-refractivity contribution in [1.82, 2.24) is 0 Å². The molecule has 0 fully saturated rings. The molecule has 0 amide bonds. The zero-order valence-corrected chi connectivity index (χ0v) is 28.1. The van der Waals surface area contributed by atoms with Crippen molar-refractivity contribution in [2.45, 2.75) is 26.2 Å². The Kier molecular flexibility index (Phi) is 6.10. The van der Waals surface area contributed by atoms with Gasteiger partial charge in [0.25, 0.3) is 0 Å². The number of nitrogens with zero attached hydrogens (tertiary/aromatic N) is 2. The van der Waals surface area contributed by atoms with Crippen LogP contribution in [0.1, 0.15) is 30.5 Å². The molecule has 3 heterocycles. The zero-order valence-electron chi connectivity index (χ0n) is 28.1. The predicted molar refractivity (Wildman–Crippen MR) is 205 cm³/mol. The van der Waals surface area contributed by atoms with E-state index in [-0.39, 0.29) is 5.41 Å². The second kappa shape index (κ2) is 10.6. The molecule has 10 rings (SSSR count). The summed E-state index contributed by atoms with van der Waals surface area (Å²) in [6.45, 7) is 6.82. The number of ether oxygens (including phenoxy) is 1. The van der Waals surface area contributed by atoms with Crippen molar-refractivity contribution in [1.29, 1.82) is 0 Å². The highest BCUT2D eigenvalue weighted by Crippen LogP contribution is 2.62. The second-order valence-corrected chi connectivity index (χ2v) is 13.8. The topological polar surface area (TPSA) is 28.9 Å². The molecule has 2 aliphatic heterocycles. The fourth-order valence-electron chi connectivity index (χ4n) is 8.09. The first-order chi connectivity index (χ1) is 24.5. The highest BCUT2D eigenvalue weighted by molar-refractivity contribution is 6.10. The Morgan fingerprint density at radius 2 is 1.28 bits per heavy atom. The van der Waals surface area contributed by atoms with Crippen LogP contribution >= 0.6 is 0 Å². The molecule has 0 saturated carbocycles. The first kappa shape index (κ1) is 28.7. The summed E-state index contributed by atoms with van der Waals surface area (Å²) < 4.78 is 13.6. The Morgan fingerprint density at radius 3 is 2.14 bits per heavy atom. The minimum Gasteiger partial charge on any atom is -0.454 e. The summed E-state index contributed by atoms with van der Waals surface area (Å²) >= 11 is 0. The van der Waals surface area contributed by atoms with Crippen LogP contribution in [0.15, 0.2) is 156 Å². The van der Waals surface area contributed by atoms with E-state index in [1.165, 1.54) is 33.5 Å². The first-order valence-electron chi connectivity index (χ1n) is 17.2. The minimum atomic E-state index is -0.301. The van der Waals surface area contributed by atoms with E-state index in [0.717, 1.165) is 61.9 Å². The largest absolute Gasteiger partial charge is 0.454 e. The standard InChI is InChI=1S/C46H34N2O2/c1-29-13-11-22-41-43(29)48-38-19-9-8-18-36(38)46(2,3)37-27-33(28-42(49-41)44(37)48)47(32-25-23-31(24-26-32)30-14-5-4-6-15-30)39-20-12-17-35-34-16-7-10-21-40(34)50-45(35)39/h4-28H,1-3H3. The van der Waals surface area contributed by atoms with Crippen LogP contribution in [0.3, 0.4) is 0 Å². The minimum absolute atomic E-state index is 0.301.